The molecule has 0 radical (unpaired) electrons. The number of rotatable bonds is 3. The second kappa shape index (κ2) is 3.93. The fourth-order valence-electron chi connectivity index (χ4n) is 0.657. The summed E-state index contributed by atoms with van der Waals surface area (Å²) in [5, 5.41) is 0. The highest BCUT2D eigenvalue weighted by atomic mass is 16.7. The molecule has 1 rings (SSSR count). The zero-order valence-electron chi connectivity index (χ0n) is 8.12. The third kappa shape index (κ3) is 5.43. The van der Waals surface area contributed by atoms with Crippen molar-refractivity contribution in [2.45, 2.75) is 32.5 Å². The Morgan fingerprint density at radius 2 is 2.23 bits per heavy atom. The molecule has 0 aliphatic carbocycles. The minimum absolute atomic E-state index is 0.134. The van der Waals surface area contributed by atoms with Gasteiger partial charge in [0.25, 0.3) is 0 Å². The molecule has 0 spiro atoms. The maximum atomic E-state index is 11.0. The maximum Gasteiger partial charge on any atom is 0.431 e. The molecule has 76 valence electrons. The summed E-state index contributed by atoms with van der Waals surface area (Å²) in [4.78, 5) is 15.8. The van der Waals surface area contributed by atoms with Crippen LogP contribution in [0.15, 0.2) is 0 Å². The van der Waals surface area contributed by atoms with Crippen LogP contribution in [0.1, 0.15) is 20.8 Å². The van der Waals surface area contributed by atoms with Gasteiger partial charge in [-0.1, -0.05) is 0 Å². The van der Waals surface area contributed by atoms with Crippen LogP contribution in [-0.2, 0) is 14.3 Å². The summed E-state index contributed by atoms with van der Waals surface area (Å²) in [6.07, 6.45) is -0.442. The molecule has 1 heterocycles. The SMILES string of the molecule is CC(C)(C)OC(=O)NOCC1CO1. The fraction of sp³-hybridized carbons (Fsp3) is 0.875. The summed E-state index contributed by atoms with van der Waals surface area (Å²) in [7, 11) is 0. The summed E-state index contributed by atoms with van der Waals surface area (Å²) in [6.45, 7) is 6.44. The van der Waals surface area contributed by atoms with E-state index in [0.29, 0.717) is 13.2 Å². The van der Waals surface area contributed by atoms with Gasteiger partial charge in [-0.15, -0.1) is 0 Å². The molecule has 0 aromatic carbocycles. The summed E-state index contributed by atoms with van der Waals surface area (Å²) in [6, 6.07) is 0. The van der Waals surface area contributed by atoms with Gasteiger partial charge in [-0.2, -0.15) is 5.48 Å². The first-order chi connectivity index (χ1) is 5.97. The summed E-state index contributed by atoms with van der Waals surface area (Å²) < 4.78 is 9.80. The van der Waals surface area contributed by atoms with Crippen molar-refractivity contribution in [3.05, 3.63) is 0 Å². The van der Waals surface area contributed by atoms with E-state index in [2.05, 4.69) is 5.48 Å². The van der Waals surface area contributed by atoms with Crippen molar-refractivity contribution < 1.29 is 19.1 Å². The van der Waals surface area contributed by atoms with Crippen LogP contribution in [-0.4, -0.2) is 31.0 Å². The lowest BCUT2D eigenvalue weighted by Gasteiger charge is -2.19. The summed E-state index contributed by atoms with van der Waals surface area (Å²) >= 11 is 0. The Labute approximate surface area is 77.3 Å². The van der Waals surface area contributed by atoms with Crippen LogP contribution in [0.5, 0.6) is 0 Å². The van der Waals surface area contributed by atoms with Gasteiger partial charge in [-0.05, 0) is 20.8 Å². The Kier molecular flexibility index (Phi) is 3.11. The molecule has 0 aromatic heterocycles. The minimum Gasteiger partial charge on any atom is -0.442 e. The van der Waals surface area contributed by atoms with Gasteiger partial charge in [-0.3, -0.25) is 4.84 Å². The highest BCUT2D eigenvalue weighted by molar-refractivity contribution is 5.66. The van der Waals surface area contributed by atoms with Gasteiger partial charge < -0.3 is 9.47 Å². The van der Waals surface area contributed by atoms with Crippen LogP contribution in [0.3, 0.4) is 0 Å². The maximum absolute atomic E-state index is 11.0. The summed E-state index contributed by atoms with van der Waals surface area (Å²) in [5.41, 5.74) is 1.67. The molecule has 5 nitrogen and oxygen atoms in total. The molecule has 1 fully saturated rings. The average molecular weight is 189 g/mol. The number of ether oxygens (including phenoxy) is 2. The minimum atomic E-state index is -0.576. The number of hydrogen-bond donors (Lipinski definition) is 1. The van der Waals surface area contributed by atoms with Gasteiger partial charge in [0.15, 0.2) is 0 Å². The Balaban J connectivity index is 2.02. The van der Waals surface area contributed by atoms with Gasteiger partial charge in [-0.25, -0.2) is 4.79 Å². The molecule has 0 aromatic rings. The number of nitrogens with one attached hydrogen (secondary N) is 1. The van der Waals surface area contributed by atoms with Gasteiger partial charge >= 0.3 is 6.09 Å². The first-order valence-corrected chi connectivity index (χ1v) is 4.20. The van der Waals surface area contributed by atoms with Crippen LogP contribution < -0.4 is 5.48 Å². The third-order valence-corrected chi connectivity index (χ3v) is 1.23. The highest BCUT2D eigenvalue weighted by Crippen LogP contribution is 2.08. The first-order valence-electron chi connectivity index (χ1n) is 4.20. The van der Waals surface area contributed by atoms with Crippen molar-refractivity contribution in [1.29, 1.82) is 0 Å². The molecular weight excluding hydrogens is 174 g/mol. The van der Waals surface area contributed by atoms with Gasteiger partial charge in [0.2, 0.25) is 0 Å². The Hall–Kier alpha value is -0.810. The molecule has 13 heavy (non-hydrogen) atoms. The molecule has 0 saturated carbocycles. The lowest BCUT2D eigenvalue weighted by atomic mass is 10.2. The molecule has 1 saturated heterocycles. The normalized spacial score (nSPS) is 21.0. The predicted octanol–water partition coefficient (Wildman–Crippen LogP) is 0.841. The van der Waals surface area contributed by atoms with Crippen LogP contribution >= 0.6 is 0 Å². The van der Waals surface area contributed by atoms with Crippen LogP contribution in [0.2, 0.25) is 0 Å². The lowest BCUT2D eigenvalue weighted by molar-refractivity contribution is -0.0113. The molecule has 1 amide bonds. The molecular formula is C8H15NO4. The van der Waals surface area contributed by atoms with E-state index in [4.69, 9.17) is 14.3 Å². The molecule has 0 bridgehead atoms. The quantitative estimate of drug-likeness (QED) is 0.528. The predicted molar refractivity (Wildman–Crippen MR) is 45.1 cm³/mol. The number of hydroxylamine groups is 1. The van der Waals surface area contributed by atoms with E-state index < -0.39 is 11.7 Å². The molecule has 1 unspecified atom stereocenters. The van der Waals surface area contributed by atoms with Crippen molar-refractivity contribution in [3.63, 3.8) is 0 Å². The standard InChI is InChI=1S/C8H15NO4/c1-8(2,3)13-7(10)9-12-5-6-4-11-6/h6H,4-5H2,1-3H3,(H,9,10). The lowest BCUT2D eigenvalue weighted by Crippen LogP contribution is -2.33. The Morgan fingerprint density at radius 1 is 1.62 bits per heavy atom. The van der Waals surface area contributed by atoms with E-state index in [9.17, 15) is 4.79 Å². The number of hydrogen-bond acceptors (Lipinski definition) is 4. The number of amides is 1. The molecule has 5 heteroatoms. The largest absolute Gasteiger partial charge is 0.442 e. The van der Waals surface area contributed by atoms with Gasteiger partial charge in [0.05, 0.1) is 6.61 Å². The highest BCUT2D eigenvalue weighted by Gasteiger charge is 2.23. The van der Waals surface area contributed by atoms with Crippen molar-refractivity contribution in [2.24, 2.45) is 0 Å². The van der Waals surface area contributed by atoms with Crippen LogP contribution in [0, 0.1) is 0 Å². The van der Waals surface area contributed by atoms with E-state index in [1.54, 1.807) is 20.8 Å². The van der Waals surface area contributed by atoms with Crippen molar-refractivity contribution >= 4 is 6.09 Å². The van der Waals surface area contributed by atoms with E-state index in [0.717, 1.165) is 0 Å². The fourth-order valence-corrected chi connectivity index (χ4v) is 0.657. The number of carbonyl (C=O) groups is 1. The zero-order chi connectivity index (χ0) is 9.90. The van der Waals surface area contributed by atoms with Gasteiger partial charge in [0, 0.05) is 0 Å². The van der Waals surface area contributed by atoms with E-state index in [-0.39, 0.29) is 6.10 Å². The number of carbonyl (C=O) groups excluding carboxylic acids is 1. The third-order valence-electron chi connectivity index (χ3n) is 1.23. The van der Waals surface area contributed by atoms with Crippen LogP contribution in [0.4, 0.5) is 4.79 Å². The smallest absolute Gasteiger partial charge is 0.431 e. The second-order valence-corrected chi connectivity index (χ2v) is 3.87. The number of epoxide rings is 1. The topological polar surface area (TPSA) is 60.1 Å². The molecule has 1 aliphatic rings. The van der Waals surface area contributed by atoms with Crippen LogP contribution in [0.25, 0.3) is 0 Å². The monoisotopic (exact) mass is 189 g/mol. The van der Waals surface area contributed by atoms with Gasteiger partial charge in [0.1, 0.15) is 18.3 Å². The summed E-state index contributed by atoms with van der Waals surface area (Å²) in [5.74, 6) is 0. The van der Waals surface area contributed by atoms with E-state index >= 15 is 0 Å². The zero-order valence-corrected chi connectivity index (χ0v) is 8.12. The van der Waals surface area contributed by atoms with E-state index in [1.165, 1.54) is 0 Å². The van der Waals surface area contributed by atoms with Crippen molar-refractivity contribution in [2.75, 3.05) is 13.2 Å². The Bertz CT molecular complexity index is 183. The molecule has 1 N–H and O–H groups in total. The second-order valence-electron chi connectivity index (χ2n) is 3.87. The molecule has 1 atom stereocenters. The van der Waals surface area contributed by atoms with Crippen molar-refractivity contribution in [3.8, 4) is 0 Å². The first kappa shape index (κ1) is 10.3. The average Bonchev–Trinajstić information content (AvgIpc) is 2.66. The van der Waals surface area contributed by atoms with E-state index in [1.807, 2.05) is 0 Å². The molecule has 1 aliphatic heterocycles. The Morgan fingerprint density at radius 3 is 2.69 bits per heavy atom. The van der Waals surface area contributed by atoms with Crippen molar-refractivity contribution in [1.82, 2.24) is 5.48 Å².